The quantitative estimate of drug-likeness (QED) is 0.0662. The van der Waals surface area contributed by atoms with Gasteiger partial charge in [-0.1, -0.05) is 96.8 Å². The SMILES string of the molecule is CCCCCCCCCCCCCCCCCC(=O)OCCCCOCCOCCOCCOCCOCCO. The molecule has 40 heavy (non-hydrogen) atoms. The zero-order chi connectivity index (χ0) is 29.0. The van der Waals surface area contributed by atoms with Crippen molar-refractivity contribution in [2.45, 2.75) is 122 Å². The molecule has 0 aromatic rings. The van der Waals surface area contributed by atoms with Crippen molar-refractivity contribution in [1.82, 2.24) is 0 Å². The Morgan fingerprint density at radius 1 is 0.425 bits per heavy atom. The average Bonchev–Trinajstić information content (AvgIpc) is 2.96. The van der Waals surface area contributed by atoms with Gasteiger partial charge in [0.25, 0.3) is 0 Å². The molecule has 1 N–H and O–H groups in total. The number of esters is 1. The molecule has 0 aromatic carbocycles. The second-order valence-electron chi connectivity index (χ2n) is 10.4. The van der Waals surface area contributed by atoms with E-state index >= 15 is 0 Å². The third kappa shape index (κ3) is 35.3. The van der Waals surface area contributed by atoms with Gasteiger partial charge in [-0.2, -0.15) is 0 Å². The molecule has 0 amide bonds. The summed E-state index contributed by atoms with van der Waals surface area (Å²) in [5, 5.41) is 8.58. The first-order valence-corrected chi connectivity index (χ1v) is 16.5. The van der Waals surface area contributed by atoms with E-state index in [1.165, 1.54) is 83.5 Å². The second-order valence-corrected chi connectivity index (χ2v) is 10.4. The predicted octanol–water partition coefficient (Wildman–Crippen LogP) is 6.65. The van der Waals surface area contributed by atoms with Crippen molar-refractivity contribution in [2.24, 2.45) is 0 Å². The molecule has 0 unspecified atom stereocenters. The Morgan fingerprint density at radius 3 is 1.20 bits per heavy atom. The van der Waals surface area contributed by atoms with Gasteiger partial charge in [-0.25, -0.2) is 0 Å². The van der Waals surface area contributed by atoms with Gasteiger partial charge in [0.15, 0.2) is 0 Å². The van der Waals surface area contributed by atoms with E-state index in [1.54, 1.807) is 0 Å². The van der Waals surface area contributed by atoms with Crippen molar-refractivity contribution >= 4 is 5.97 Å². The Labute approximate surface area is 246 Å². The third-order valence-corrected chi connectivity index (χ3v) is 6.65. The van der Waals surface area contributed by atoms with Gasteiger partial charge in [0.05, 0.1) is 72.7 Å². The van der Waals surface area contributed by atoms with Crippen LogP contribution in [-0.2, 0) is 33.2 Å². The van der Waals surface area contributed by atoms with E-state index in [-0.39, 0.29) is 12.6 Å². The van der Waals surface area contributed by atoms with Crippen LogP contribution in [0.4, 0.5) is 0 Å². The van der Waals surface area contributed by atoms with Crippen LogP contribution in [0.3, 0.4) is 0 Å². The number of unbranched alkanes of at least 4 members (excludes halogenated alkanes) is 15. The van der Waals surface area contributed by atoms with E-state index < -0.39 is 0 Å². The maximum Gasteiger partial charge on any atom is 0.305 e. The van der Waals surface area contributed by atoms with E-state index in [0.717, 1.165) is 25.7 Å². The summed E-state index contributed by atoms with van der Waals surface area (Å²) in [6, 6.07) is 0. The summed E-state index contributed by atoms with van der Waals surface area (Å²) in [6.45, 7) is 7.93. The highest BCUT2D eigenvalue weighted by Crippen LogP contribution is 2.13. The Hall–Kier alpha value is -0.770. The molecule has 8 heteroatoms. The summed E-state index contributed by atoms with van der Waals surface area (Å²) in [5.74, 6) is -0.0649. The number of ether oxygens (including phenoxy) is 6. The fourth-order valence-corrected chi connectivity index (χ4v) is 4.25. The van der Waals surface area contributed by atoms with Gasteiger partial charge in [-0.3, -0.25) is 4.79 Å². The lowest BCUT2D eigenvalue weighted by Gasteiger charge is -2.08. The third-order valence-electron chi connectivity index (χ3n) is 6.65. The standard InChI is InChI=1S/C32H64O8/c1-2-3-4-5-6-7-8-9-10-11-12-13-14-15-16-19-32(34)40-22-18-17-21-35-24-26-37-28-30-39-31-29-38-27-25-36-23-20-33/h33H,2-31H2,1H3. The van der Waals surface area contributed by atoms with Crippen molar-refractivity contribution in [1.29, 1.82) is 0 Å². The lowest BCUT2D eigenvalue weighted by Crippen LogP contribution is -2.13. The molecular weight excluding hydrogens is 512 g/mol. The van der Waals surface area contributed by atoms with Crippen molar-refractivity contribution in [3.05, 3.63) is 0 Å². The zero-order valence-corrected chi connectivity index (χ0v) is 26.0. The fourth-order valence-electron chi connectivity index (χ4n) is 4.25. The highest BCUT2D eigenvalue weighted by molar-refractivity contribution is 5.69. The predicted molar refractivity (Wildman–Crippen MR) is 161 cm³/mol. The summed E-state index contributed by atoms with van der Waals surface area (Å²) in [5.41, 5.74) is 0. The minimum atomic E-state index is -0.0649. The molecule has 0 aromatic heterocycles. The topological polar surface area (TPSA) is 92.7 Å². The molecule has 240 valence electrons. The molecule has 0 rings (SSSR count). The van der Waals surface area contributed by atoms with Gasteiger partial charge >= 0.3 is 5.97 Å². The summed E-state index contributed by atoms with van der Waals surface area (Å²) < 4.78 is 32.2. The smallest absolute Gasteiger partial charge is 0.305 e. The highest BCUT2D eigenvalue weighted by atomic mass is 16.6. The Morgan fingerprint density at radius 2 is 0.775 bits per heavy atom. The molecule has 0 aliphatic rings. The average molecular weight is 577 g/mol. The van der Waals surface area contributed by atoms with E-state index in [2.05, 4.69) is 6.92 Å². The number of carbonyl (C=O) groups excluding carboxylic acids is 1. The Kier molecular flexibility index (Phi) is 35.6. The lowest BCUT2D eigenvalue weighted by molar-refractivity contribution is -0.144. The van der Waals surface area contributed by atoms with Crippen molar-refractivity contribution in [3.8, 4) is 0 Å². The highest BCUT2D eigenvalue weighted by Gasteiger charge is 2.03. The summed E-state index contributed by atoms with van der Waals surface area (Å²) in [6.07, 6.45) is 22.2. The van der Waals surface area contributed by atoms with Gasteiger partial charge in [0.2, 0.25) is 0 Å². The molecule has 0 spiro atoms. The second kappa shape index (κ2) is 36.3. The van der Waals surface area contributed by atoms with E-state index in [1.807, 2.05) is 0 Å². The maximum atomic E-state index is 11.9. The molecule has 0 aliphatic carbocycles. The van der Waals surface area contributed by atoms with Gasteiger partial charge in [-0.15, -0.1) is 0 Å². The lowest BCUT2D eigenvalue weighted by atomic mass is 10.0. The van der Waals surface area contributed by atoms with Crippen LogP contribution < -0.4 is 0 Å². The van der Waals surface area contributed by atoms with Gasteiger partial charge in [0, 0.05) is 13.0 Å². The van der Waals surface area contributed by atoms with Gasteiger partial charge in [-0.05, 0) is 19.3 Å². The van der Waals surface area contributed by atoms with Gasteiger partial charge < -0.3 is 33.5 Å². The molecule has 0 heterocycles. The molecule has 0 fully saturated rings. The summed E-state index contributed by atoms with van der Waals surface area (Å²) in [4.78, 5) is 11.9. The van der Waals surface area contributed by atoms with Crippen LogP contribution in [-0.4, -0.2) is 90.4 Å². The molecule has 0 bridgehead atoms. The van der Waals surface area contributed by atoms with Crippen LogP contribution in [0.25, 0.3) is 0 Å². The van der Waals surface area contributed by atoms with Crippen molar-refractivity contribution in [2.75, 3.05) is 79.3 Å². The molecule has 0 aliphatic heterocycles. The molecule has 0 radical (unpaired) electrons. The first kappa shape index (κ1) is 39.2. The number of aliphatic hydroxyl groups is 1. The summed E-state index contributed by atoms with van der Waals surface area (Å²) in [7, 11) is 0. The van der Waals surface area contributed by atoms with E-state index in [4.69, 9.17) is 33.5 Å². The minimum absolute atomic E-state index is 0.0327. The number of aliphatic hydroxyl groups excluding tert-OH is 1. The number of rotatable bonds is 35. The fraction of sp³-hybridized carbons (Fsp3) is 0.969. The molecule has 8 nitrogen and oxygen atoms in total. The Bertz CT molecular complexity index is 478. The number of hydrogen-bond acceptors (Lipinski definition) is 8. The number of carbonyl (C=O) groups is 1. The van der Waals surface area contributed by atoms with Crippen LogP contribution in [0.5, 0.6) is 0 Å². The van der Waals surface area contributed by atoms with E-state index in [9.17, 15) is 4.79 Å². The van der Waals surface area contributed by atoms with E-state index in [0.29, 0.717) is 79.1 Å². The van der Waals surface area contributed by atoms with Crippen LogP contribution in [0.1, 0.15) is 122 Å². The minimum Gasteiger partial charge on any atom is -0.466 e. The first-order chi connectivity index (χ1) is 19.8. The number of hydrogen-bond donors (Lipinski definition) is 1. The molecule has 0 saturated heterocycles. The maximum absolute atomic E-state index is 11.9. The largest absolute Gasteiger partial charge is 0.466 e. The van der Waals surface area contributed by atoms with Gasteiger partial charge in [0.1, 0.15) is 0 Å². The molecule has 0 saturated carbocycles. The van der Waals surface area contributed by atoms with Crippen LogP contribution in [0.15, 0.2) is 0 Å². The monoisotopic (exact) mass is 576 g/mol. The van der Waals surface area contributed by atoms with Crippen LogP contribution >= 0.6 is 0 Å². The molecular formula is C32H64O8. The summed E-state index contributed by atoms with van der Waals surface area (Å²) >= 11 is 0. The van der Waals surface area contributed by atoms with Crippen LogP contribution in [0.2, 0.25) is 0 Å². The zero-order valence-electron chi connectivity index (χ0n) is 26.0. The van der Waals surface area contributed by atoms with Crippen LogP contribution in [0, 0.1) is 0 Å². The van der Waals surface area contributed by atoms with Crippen molar-refractivity contribution in [3.63, 3.8) is 0 Å². The normalized spacial score (nSPS) is 11.3. The molecule has 0 atom stereocenters. The first-order valence-electron chi connectivity index (χ1n) is 16.5. The Balaban J connectivity index is 3.14. The van der Waals surface area contributed by atoms with Crippen molar-refractivity contribution < 1.29 is 38.3 Å².